The number of anilines is 1. The highest BCUT2D eigenvalue weighted by Gasteiger charge is 2.16. The number of benzene rings is 4. The van der Waals surface area contributed by atoms with Gasteiger partial charge in [-0.15, -0.1) is 11.8 Å². The van der Waals surface area contributed by atoms with Crippen molar-refractivity contribution in [3.05, 3.63) is 131 Å². The summed E-state index contributed by atoms with van der Waals surface area (Å²) in [6.45, 7) is 4.44. The van der Waals surface area contributed by atoms with Crippen molar-refractivity contribution in [1.82, 2.24) is 5.32 Å². The molecule has 202 valence electrons. The summed E-state index contributed by atoms with van der Waals surface area (Å²) in [5.74, 6) is 0.127. The number of nitrogens with one attached hydrogen (secondary N) is 2. The van der Waals surface area contributed by atoms with Crippen LogP contribution in [0.5, 0.6) is 5.75 Å². The van der Waals surface area contributed by atoms with Gasteiger partial charge in [-0.05, 0) is 80.1 Å². The van der Waals surface area contributed by atoms with E-state index in [-0.39, 0.29) is 23.1 Å². The van der Waals surface area contributed by atoms with Crippen LogP contribution in [0.4, 0.5) is 5.69 Å². The third-order valence-corrected chi connectivity index (χ3v) is 6.82. The van der Waals surface area contributed by atoms with E-state index in [1.54, 1.807) is 66.7 Å². The predicted molar refractivity (Wildman–Crippen MR) is 161 cm³/mol. The van der Waals surface area contributed by atoms with Crippen molar-refractivity contribution in [3.8, 4) is 5.75 Å². The number of hydrogen-bond acceptors (Lipinski definition) is 5. The molecular formula is C33H30N2O4S. The van der Waals surface area contributed by atoms with Crippen LogP contribution in [0.25, 0.3) is 6.08 Å². The van der Waals surface area contributed by atoms with Crippen molar-refractivity contribution >= 4 is 41.1 Å². The molecule has 7 heteroatoms. The Kier molecular flexibility index (Phi) is 9.91. The normalized spacial score (nSPS) is 11.0. The minimum atomic E-state index is -0.460. The quantitative estimate of drug-likeness (QED) is 0.122. The molecule has 4 aromatic rings. The lowest BCUT2D eigenvalue weighted by Crippen LogP contribution is -2.30. The van der Waals surface area contributed by atoms with Crippen LogP contribution in [0, 0.1) is 6.92 Å². The lowest BCUT2D eigenvalue weighted by molar-refractivity contribution is -0.113. The van der Waals surface area contributed by atoms with Crippen molar-refractivity contribution in [2.45, 2.75) is 18.7 Å². The van der Waals surface area contributed by atoms with E-state index in [4.69, 9.17) is 4.74 Å². The van der Waals surface area contributed by atoms with E-state index < -0.39 is 5.91 Å². The van der Waals surface area contributed by atoms with Gasteiger partial charge < -0.3 is 15.4 Å². The summed E-state index contributed by atoms with van der Waals surface area (Å²) in [4.78, 5) is 39.7. The minimum Gasteiger partial charge on any atom is -0.494 e. The Bertz CT molecular complexity index is 1520. The fraction of sp³-hybridized carbons (Fsp3) is 0.121. The largest absolute Gasteiger partial charge is 0.494 e. The van der Waals surface area contributed by atoms with Gasteiger partial charge in [0.1, 0.15) is 11.4 Å². The van der Waals surface area contributed by atoms with Crippen LogP contribution in [-0.2, 0) is 4.79 Å². The molecule has 4 rings (SSSR count). The maximum atomic E-state index is 13.3. The van der Waals surface area contributed by atoms with Crippen LogP contribution in [0.1, 0.15) is 38.8 Å². The Morgan fingerprint density at radius 2 is 1.57 bits per heavy atom. The molecule has 0 saturated carbocycles. The zero-order valence-electron chi connectivity index (χ0n) is 22.3. The highest BCUT2D eigenvalue weighted by molar-refractivity contribution is 8.00. The van der Waals surface area contributed by atoms with Crippen LogP contribution < -0.4 is 15.4 Å². The summed E-state index contributed by atoms with van der Waals surface area (Å²) in [5.41, 5.74) is 3.54. The van der Waals surface area contributed by atoms with E-state index in [0.717, 1.165) is 21.8 Å². The van der Waals surface area contributed by atoms with Gasteiger partial charge >= 0.3 is 0 Å². The Labute approximate surface area is 238 Å². The first-order valence-electron chi connectivity index (χ1n) is 12.9. The van der Waals surface area contributed by atoms with Gasteiger partial charge in [0.05, 0.1) is 12.4 Å². The summed E-state index contributed by atoms with van der Waals surface area (Å²) in [6.07, 6.45) is 1.65. The van der Waals surface area contributed by atoms with E-state index in [9.17, 15) is 14.4 Å². The van der Waals surface area contributed by atoms with Crippen molar-refractivity contribution in [2.24, 2.45) is 0 Å². The topological polar surface area (TPSA) is 84.5 Å². The maximum absolute atomic E-state index is 13.3. The van der Waals surface area contributed by atoms with Gasteiger partial charge in [0.15, 0.2) is 5.78 Å². The second-order valence-electron chi connectivity index (χ2n) is 8.94. The van der Waals surface area contributed by atoms with Crippen molar-refractivity contribution in [2.75, 3.05) is 17.7 Å². The smallest absolute Gasteiger partial charge is 0.272 e. The summed E-state index contributed by atoms with van der Waals surface area (Å²) in [7, 11) is 0. The summed E-state index contributed by atoms with van der Waals surface area (Å²) < 4.78 is 5.44. The molecule has 0 aliphatic carbocycles. The maximum Gasteiger partial charge on any atom is 0.272 e. The zero-order valence-corrected chi connectivity index (χ0v) is 23.2. The van der Waals surface area contributed by atoms with Gasteiger partial charge in [-0.3, -0.25) is 14.4 Å². The molecular weight excluding hydrogens is 520 g/mol. The first-order chi connectivity index (χ1) is 19.4. The standard InChI is InChI=1S/C33H30N2O4S/c1-3-39-28-17-15-25(16-18-28)31(36)22-40-29-14-8-13-27(21-29)34-33(38)30(20-24-10-7-9-23(2)19-24)35-32(37)26-11-5-4-6-12-26/h4-21H,3,22H2,1-2H3,(H,34,38)(H,35,37)/b30-20-. The molecule has 0 unspecified atom stereocenters. The number of amides is 2. The second-order valence-corrected chi connectivity index (χ2v) is 9.99. The Morgan fingerprint density at radius 3 is 2.30 bits per heavy atom. The average Bonchev–Trinajstić information content (AvgIpc) is 2.97. The van der Waals surface area contributed by atoms with Crippen molar-refractivity contribution in [3.63, 3.8) is 0 Å². The molecule has 0 aromatic heterocycles. The molecule has 4 aromatic carbocycles. The van der Waals surface area contributed by atoms with Crippen LogP contribution in [0.2, 0.25) is 0 Å². The van der Waals surface area contributed by atoms with E-state index in [2.05, 4.69) is 10.6 Å². The van der Waals surface area contributed by atoms with Gasteiger partial charge in [-0.2, -0.15) is 0 Å². The molecule has 40 heavy (non-hydrogen) atoms. The predicted octanol–water partition coefficient (Wildman–Crippen LogP) is 6.78. The number of hydrogen-bond donors (Lipinski definition) is 2. The van der Waals surface area contributed by atoms with Crippen LogP contribution in [0.15, 0.2) is 114 Å². The first-order valence-corrected chi connectivity index (χ1v) is 13.8. The number of ether oxygens (including phenoxy) is 1. The molecule has 0 aliphatic rings. The fourth-order valence-corrected chi connectivity index (χ4v) is 4.72. The Morgan fingerprint density at radius 1 is 0.825 bits per heavy atom. The van der Waals surface area contributed by atoms with Crippen LogP contribution in [-0.4, -0.2) is 30.0 Å². The molecule has 2 amide bonds. The minimum absolute atomic E-state index is 0.00511. The molecule has 0 atom stereocenters. The average molecular weight is 551 g/mol. The molecule has 0 heterocycles. The number of ketones is 1. The van der Waals surface area contributed by atoms with E-state index in [1.807, 2.05) is 56.3 Å². The molecule has 2 N–H and O–H groups in total. The summed E-state index contributed by atoms with van der Waals surface area (Å²) >= 11 is 1.38. The Hall–Kier alpha value is -4.62. The van der Waals surface area contributed by atoms with Crippen molar-refractivity contribution < 1.29 is 19.1 Å². The van der Waals surface area contributed by atoms with Gasteiger partial charge in [-0.1, -0.05) is 54.1 Å². The number of Topliss-reactive ketones (excluding diaryl/α,β-unsaturated/α-hetero) is 1. The lowest BCUT2D eigenvalue weighted by atomic mass is 10.1. The number of thioether (sulfide) groups is 1. The van der Waals surface area contributed by atoms with Gasteiger partial charge in [0.25, 0.3) is 11.8 Å². The number of carbonyl (C=O) groups excluding carboxylic acids is 3. The first kappa shape index (κ1) is 28.4. The van der Waals surface area contributed by atoms with Crippen LogP contribution >= 0.6 is 11.8 Å². The Balaban J connectivity index is 1.46. The fourth-order valence-electron chi connectivity index (χ4n) is 3.87. The van der Waals surface area contributed by atoms with Crippen molar-refractivity contribution in [1.29, 1.82) is 0 Å². The molecule has 0 bridgehead atoms. The summed E-state index contributed by atoms with van der Waals surface area (Å²) in [5, 5.41) is 5.63. The molecule has 0 aliphatic heterocycles. The SMILES string of the molecule is CCOc1ccc(C(=O)CSc2cccc(NC(=O)/C(=C/c3cccc(C)c3)NC(=O)c3ccccc3)c2)cc1. The second kappa shape index (κ2) is 14.0. The highest BCUT2D eigenvalue weighted by Crippen LogP contribution is 2.24. The van der Waals surface area contributed by atoms with Gasteiger partial charge in [0.2, 0.25) is 0 Å². The third kappa shape index (κ3) is 8.19. The van der Waals surface area contributed by atoms with E-state index in [1.165, 1.54) is 11.8 Å². The number of aryl methyl sites for hydroxylation is 1. The van der Waals surface area contributed by atoms with Gasteiger partial charge in [0, 0.05) is 21.7 Å². The number of carbonyl (C=O) groups is 3. The van der Waals surface area contributed by atoms with E-state index in [0.29, 0.717) is 23.4 Å². The van der Waals surface area contributed by atoms with E-state index >= 15 is 0 Å². The molecule has 0 radical (unpaired) electrons. The third-order valence-electron chi connectivity index (χ3n) is 5.83. The molecule has 0 fully saturated rings. The summed E-state index contributed by atoms with van der Waals surface area (Å²) in [6, 6.07) is 30.7. The van der Waals surface area contributed by atoms with Crippen LogP contribution in [0.3, 0.4) is 0 Å². The van der Waals surface area contributed by atoms with Gasteiger partial charge in [-0.25, -0.2) is 0 Å². The zero-order chi connectivity index (χ0) is 28.3. The molecule has 0 spiro atoms. The monoisotopic (exact) mass is 550 g/mol. The molecule has 0 saturated heterocycles. The molecule has 6 nitrogen and oxygen atoms in total. The lowest BCUT2D eigenvalue weighted by Gasteiger charge is -2.12. The number of rotatable bonds is 11. The highest BCUT2D eigenvalue weighted by atomic mass is 32.2.